The predicted octanol–water partition coefficient (Wildman–Crippen LogP) is 11.5. The van der Waals surface area contributed by atoms with Gasteiger partial charge in [0.2, 0.25) is 0 Å². The largest absolute Gasteiger partial charge is 0.497 e. The molecular weight excluding hydrogens is 576 g/mol. The molecule has 0 heterocycles. The monoisotopic (exact) mass is 622 g/mol. The van der Waals surface area contributed by atoms with Gasteiger partial charge in [-0.3, -0.25) is 0 Å². The van der Waals surface area contributed by atoms with Crippen LogP contribution in [0.5, 0.6) is 23.0 Å². The lowest BCUT2D eigenvalue weighted by atomic mass is 9.81. The molecule has 2 aliphatic rings. The zero-order chi connectivity index (χ0) is 32.6. The van der Waals surface area contributed by atoms with E-state index in [1.54, 1.807) is 14.2 Å². The van der Waals surface area contributed by atoms with Crippen molar-refractivity contribution in [3.05, 3.63) is 157 Å². The number of rotatable bonds is 12. The van der Waals surface area contributed by atoms with E-state index in [4.69, 9.17) is 14.2 Å². The highest BCUT2D eigenvalue weighted by atomic mass is 16.5. The molecule has 0 spiro atoms. The summed E-state index contributed by atoms with van der Waals surface area (Å²) >= 11 is 0. The Balaban J connectivity index is 1.39. The lowest BCUT2D eigenvalue weighted by Gasteiger charge is -2.28. The zero-order valence-corrected chi connectivity index (χ0v) is 27.6. The van der Waals surface area contributed by atoms with Crippen LogP contribution in [0.1, 0.15) is 59.8 Å². The number of ether oxygens (including phenoxy) is 3. The molecular formula is C44H46O3. The minimum atomic E-state index is 0.216. The molecule has 6 rings (SSSR count). The standard InChI is InChI=1S/C44H46O3/c1-5-33-21-23-35(19-17-31-13-9-7-10-14-31)43(33)39-29-37(45-3)25-27-41(39)47-42-28-26-38(46-4)30-40(42)44-34(6-2)22-24-36(44)20-18-32-15-11-8-12-16-32/h5-20,25-30,33-36,43-44H,1-2,21-24H2,3-4H3. The van der Waals surface area contributed by atoms with Crippen molar-refractivity contribution >= 4 is 12.2 Å². The van der Waals surface area contributed by atoms with Crippen molar-refractivity contribution in [2.45, 2.75) is 37.5 Å². The topological polar surface area (TPSA) is 27.7 Å². The predicted molar refractivity (Wildman–Crippen MR) is 195 cm³/mol. The molecule has 0 aliphatic heterocycles. The number of benzene rings is 4. The van der Waals surface area contributed by atoms with Gasteiger partial charge in [0.05, 0.1) is 14.2 Å². The first-order chi connectivity index (χ1) is 23.1. The second-order valence-corrected chi connectivity index (χ2v) is 12.8. The molecule has 0 amide bonds. The van der Waals surface area contributed by atoms with E-state index in [9.17, 15) is 0 Å². The van der Waals surface area contributed by atoms with Crippen molar-refractivity contribution in [2.24, 2.45) is 23.7 Å². The number of methoxy groups -OCH3 is 2. The fraction of sp³-hybridized carbons (Fsp3) is 0.273. The average molecular weight is 623 g/mol. The van der Waals surface area contributed by atoms with Crippen molar-refractivity contribution in [3.8, 4) is 23.0 Å². The summed E-state index contributed by atoms with van der Waals surface area (Å²) in [5.74, 6) is 5.16. The third kappa shape index (κ3) is 7.30. The van der Waals surface area contributed by atoms with Gasteiger partial charge < -0.3 is 14.2 Å². The Bertz CT molecular complexity index is 1580. The quantitative estimate of drug-likeness (QED) is 0.147. The average Bonchev–Trinajstić information content (AvgIpc) is 3.74. The highest BCUT2D eigenvalue weighted by Gasteiger charge is 2.38. The van der Waals surface area contributed by atoms with Gasteiger partial charge in [-0.15, -0.1) is 13.2 Å². The third-order valence-electron chi connectivity index (χ3n) is 10.2. The van der Waals surface area contributed by atoms with Gasteiger partial charge in [0.1, 0.15) is 23.0 Å². The summed E-state index contributed by atoms with van der Waals surface area (Å²) < 4.78 is 18.6. The van der Waals surface area contributed by atoms with Crippen LogP contribution in [0.15, 0.2) is 135 Å². The van der Waals surface area contributed by atoms with E-state index in [1.165, 1.54) is 11.1 Å². The summed E-state index contributed by atoms with van der Waals surface area (Å²) in [7, 11) is 3.46. The molecule has 4 aromatic rings. The highest BCUT2D eigenvalue weighted by Crippen LogP contribution is 2.52. The van der Waals surface area contributed by atoms with Gasteiger partial charge in [-0.2, -0.15) is 0 Å². The molecule has 2 saturated carbocycles. The second kappa shape index (κ2) is 15.2. The Morgan fingerprint density at radius 1 is 0.532 bits per heavy atom. The Kier molecular flexibility index (Phi) is 10.4. The zero-order valence-electron chi connectivity index (χ0n) is 27.6. The van der Waals surface area contributed by atoms with Gasteiger partial charge >= 0.3 is 0 Å². The first-order valence-electron chi connectivity index (χ1n) is 16.9. The van der Waals surface area contributed by atoms with Crippen LogP contribution < -0.4 is 14.2 Å². The number of hydrogen-bond acceptors (Lipinski definition) is 3. The first kappa shape index (κ1) is 32.2. The Labute approximate surface area is 280 Å². The highest BCUT2D eigenvalue weighted by molar-refractivity contribution is 5.54. The van der Waals surface area contributed by atoms with Crippen molar-refractivity contribution in [1.82, 2.24) is 0 Å². The molecule has 3 heteroatoms. The molecule has 2 aliphatic carbocycles. The maximum atomic E-state index is 7.04. The first-order valence-corrected chi connectivity index (χ1v) is 16.9. The fourth-order valence-electron chi connectivity index (χ4n) is 7.74. The van der Waals surface area contributed by atoms with Gasteiger partial charge in [-0.05, 0) is 96.9 Å². The minimum absolute atomic E-state index is 0.216. The number of allylic oxidation sites excluding steroid dienone is 4. The van der Waals surface area contributed by atoms with Gasteiger partial charge in [-0.25, -0.2) is 0 Å². The summed E-state index contributed by atoms with van der Waals surface area (Å²) in [4.78, 5) is 0. The molecule has 6 unspecified atom stereocenters. The SMILES string of the molecule is C=CC1CCC(C=Cc2ccccc2)C1c1cc(OC)ccc1Oc1ccc(OC)cc1C1C(C=C)CCC1C=Cc1ccccc1. The normalized spacial score (nSPS) is 24.0. The lowest BCUT2D eigenvalue weighted by molar-refractivity contribution is 0.399. The molecule has 47 heavy (non-hydrogen) atoms. The van der Waals surface area contributed by atoms with Crippen molar-refractivity contribution < 1.29 is 14.2 Å². The van der Waals surface area contributed by atoms with E-state index >= 15 is 0 Å². The van der Waals surface area contributed by atoms with E-state index in [0.717, 1.165) is 59.8 Å². The molecule has 240 valence electrons. The lowest BCUT2D eigenvalue weighted by Crippen LogP contribution is -2.14. The summed E-state index contributed by atoms with van der Waals surface area (Å²) in [6.07, 6.45) is 17.9. The molecule has 2 fully saturated rings. The van der Waals surface area contributed by atoms with Crippen LogP contribution >= 0.6 is 0 Å². The maximum absolute atomic E-state index is 7.04. The molecule has 3 nitrogen and oxygen atoms in total. The van der Waals surface area contributed by atoms with E-state index in [1.807, 2.05) is 12.1 Å². The summed E-state index contributed by atoms with van der Waals surface area (Å²) in [5, 5.41) is 0. The van der Waals surface area contributed by atoms with Crippen LogP contribution in [0.2, 0.25) is 0 Å². The third-order valence-corrected chi connectivity index (χ3v) is 10.2. The van der Waals surface area contributed by atoms with Gasteiger partial charge in [0.15, 0.2) is 0 Å². The molecule has 0 radical (unpaired) electrons. The van der Waals surface area contributed by atoms with Crippen LogP contribution in [0.4, 0.5) is 0 Å². The summed E-state index contributed by atoms with van der Waals surface area (Å²) in [5.41, 5.74) is 4.73. The van der Waals surface area contributed by atoms with Crippen molar-refractivity contribution in [3.63, 3.8) is 0 Å². The van der Waals surface area contributed by atoms with E-state index < -0.39 is 0 Å². The minimum Gasteiger partial charge on any atom is -0.497 e. The number of hydrogen-bond donors (Lipinski definition) is 0. The molecule has 0 aromatic heterocycles. The fourth-order valence-corrected chi connectivity index (χ4v) is 7.74. The van der Waals surface area contributed by atoms with Gasteiger partial charge in [0, 0.05) is 23.0 Å². The van der Waals surface area contributed by atoms with Gasteiger partial charge in [-0.1, -0.05) is 97.1 Å². The van der Waals surface area contributed by atoms with Crippen molar-refractivity contribution in [1.29, 1.82) is 0 Å². The van der Waals surface area contributed by atoms with E-state index in [2.05, 4.69) is 135 Å². The molecule has 0 bridgehead atoms. The van der Waals surface area contributed by atoms with Crippen LogP contribution in [-0.2, 0) is 0 Å². The Hall–Kier alpha value is -4.76. The molecule has 0 N–H and O–H groups in total. The van der Waals surface area contributed by atoms with E-state index in [-0.39, 0.29) is 11.8 Å². The van der Waals surface area contributed by atoms with Crippen molar-refractivity contribution in [2.75, 3.05) is 14.2 Å². The summed E-state index contributed by atoms with van der Waals surface area (Å²) in [6.45, 7) is 8.50. The Morgan fingerprint density at radius 3 is 1.32 bits per heavy atom. The maximum Gasteiger partial charge on any atom is 0.131 e. The van der Waals surface area contributed by atoms with Crippen LogP contribution in [0.25, 0.3) is 12.2 Å². The molecule has 0 saturated heterocycles. The van der Waals surface area contributed by atoms with Gasteiger partial charge in [0.25, 0.3) is 0 Å². The summed E-state index contributed by atoms with van der Waals surface area (Å²) in [6, 6.07) is 33.6. The van der Waals surface area contributed by atoms with E-state index in [0.29, 0.717) is 23.7 Å². The molecule has 6 atom stereocenters. The smallest absolute Gasteiger partial charge is 0.131 e. The van der Waals surface area contributed by atoms with Crippen LogP contribution in [-0.4, -0.2) is 14.2 Å². The van der Waals surface area contributed by atoms with Crippen LogP contribution in [0, 0.1) is 23.7 Å². The van der Waals surface area contributed by atoms with Crippen LogP contribution in [0.3, 0.4) is 0 Å². The molecule has 4 aromatic carbocycles. The second-order valence-electron chi connectivity index (χ2n) is 12.8. The Morgan fingerprint density at radius 2 is 0.936 bits per heavy atom.